The van der Waals surface area contributed by atoms with Crippen molar-refractivity contribution in [2.75, 3.05) is 17.6 Å². The number of nitrogens with one attached hydrogen (secondary N) is 2. The number of nitrogens with two attached hydrogens (primary N) is 1. The van der Waals surface area contributed by atoms with Gasteiger partial charge in [0.2, 0.25) is 11.8 Å². The van der Waals surface area contributed by atoms with Gasteiger partial charge in [-0.3, -0.25) is 9.59 Å². The van der Waals surface area contributed by atoms with E-state index in [1.807, 2.05) is 36.6 Å². The lowest BCUT2D eigenvalue weighted by Crippen LogP contribution is -2.27. The van der Waals surface area contributed by atoms with Crippen molar-refractivity contribution in [3.05, 3.63) is 40.9 Å². The van der Waals surface area contributed by atoms with Crippen molar-refractivity contribution in [3.63, 3.8) is 0 Å². The van der Waals surface area contributed by atoms with Crippen LogP contribution < -0.4 is 16.4 Å². The largest absolute Gasteiger partial charge is 0.375 e. The molecule has 2 aromatic rings. The number of aryl methyl sites for hydroxylation is 2. The van der Waals surface area contributed by atoms with Gasteiger partial charge in [-0.2, -0.15) is 0 Å². The minimum atomic E-state index is -0.122. The lowest BCUT2D eigenvalue weighted by molar-refractivity contribution is -0.121. The first-order valence-corrected chi connectivity index (χ1v) is 8.24. The molecule has 0 radical (unpaired) electrons. The van der Waals surface area contributed by atoms with Crippen molar-refractivity contribution >= 4 is 34.0 Å². The van der Waals surface area contributed by atoms with E-state index >= 15 is 0 Å². The zero-order valence-electron chi connectivity index (χ0n) is 13.0. The second-order valence-corrected chi connectivity index (χ2v) is 6.08. The quantitative estimate of drug-likeness (QED) is 0.723. The fourth-order valence-electron chi connectivity index (χ4n) is 2.03. The third-order valence-electron chi connectivity index (χ3n) is 3.15. The SMILES string of the molecule is Cc1cccc(NC(=O)CCNC(=O)CCc2csc(N)n2)c1. The molecular weight excluding hydrogens is 312 g/mol. The van der Waals surface area contributed by atoms with Crippen LogP contribution in [0, 0.1) is 6.92 Å². The Morgan fingerprint density at radius 3 is 2.78 bits per heavy atom. The van der Waals surface area contributed by atoms with Gasteiger partial charge >= 0.3 is 0 Å². The molecule has 1 heterocycles. The highest BCUT2D eigenvalue weighted by atomic mass is 32.1. The van der Waals surface area contributed by atoms with E-state index in [0.29, 0.717) is 24.5 Å². The van der Waals surface area contributed by atoms with Gasteiger partial charge < -0.3 is 16.4 Å². The Labute approximate surface area is 139 Å². The molecule has 0 bridgehead atoms. The maximum atomic E-state index is 11.8. The van der Waals surface area contributed by atoms with Gasteiger partial charge in [0.25, 0.3) is 0 Å². The van der Waals surface area contributed by atoms with Crippen LogP contribution in [0.4, 0.5) is 10.8 Å². The summed E-state index contributed by atoms with van der Waals surface area (Å²) in [6.07, 6.45) is 1.13. The molecule has 1 aromatic carbocycles. The molecule has 7 heteroatoms. The summed E-state index contributed by atoms with van der Waals surface area (Å²) in [6, 6.07) is 7.59. The third kappa shape index (κ3) is 6.07. The molecular formula is C16H20N4O2S. The second-order valence-electron chi connectivity index (χ2n) is 5.19. The molecule has 0 fully saturated rings. The molecule has 0 unspecified atom stereocenters. The summed E-state index contributed by atoms with van der Waals surface area (Å²) in [7, 11) is 0. The van der Waals surface area contributed by atoms with Gasteiger partial charge in [-0.05, 0) is 31.0 Å². The lowest BCUT2D eigenvalue weighted by atomic mass is 10.2. The van der Waals surface area contributed by atoms with Crippen LogP contribution in [0.2, 0.25) is 0 Å². The molecule has 0 spiro atoms. The van der Waals surface area contributed by atoms with Gasteiger partial charge in [0.05, 0.1) is 5.69 Å². The average Bonchev–Trinajstić information content (AvgIpc) is 2.91. The standard InChI is InChI=1S/C16H20N4O2S/c1-11-3-2-4-12(9-11)19-15(22)7-8-18-14(21)6-5-13-10-23-16(17)20-13/h2-4,9-10H,5-8H2,1H3,(H2,17,20)(H,18,21)(H,19,22). The summed E-state index contributed by atoms with van der Waals surface area (Å²) < 4.78 is 0. The van der Waals surface area contributed by atoms with Gasteiger partial charge in [0, 0.05) is 30.5 Å². The Balaban J connectivity index is 1.64. The van der Waals surface area contributed by atoms with Gasteiger partial charge in [0.1, 0.15) is 0 Å². The van der Waals surface area contributed by atoms with Crippen LogP contribution in [0.5, 0.6) is 0 Å². The number of carbonyl (C=O) groups is 2. The average molecular weight is 332 g/mol. The minimum Gasteiger partial charge on any atom is -0.375 e. The minimum absolute atomic E-state index is 0.0973. The molecule has 0 saturated carbocycles. The van der Waals surface area contributed by atoms with Gasteiger partial charge in [-0.25, -0.2) is 4.98 Å². The normalized spacial score (nSPS) is 10.3. The Kier molecular flexibility index (Phi) is 6.10. The van der Waals surface area contributed by atoms with Crippen molar-refractivity contribution in [2.24, 2.45) is 0 Å². The molecule has 2 amide bonds. The Morgan fingerprint density at radius 1 is 1.26 bits per heavy atom. The van der Waals surface area contributed by atoms with Crippen LogP contribution >= 0.6 is 11.3 Å². The van der Waals surface area contributed by atoms with E-state index in [1.165, 1.54) is 11.3 Å². The predicted molar refractivity (Wildman–Crippen MR) is 92.3 cm³/mol. The second kappa shape index (κ2) is 8.28. The molecule has 0 saturated heterocycles. The van der Waals surface area contributed by atoms with E-state index in [9.17, 15) is 9.59 Å². The van der Waals surface area contributed by atoms with Crippen LogP contribution in [0.25, 0.3) is 0 Å². The number of benzene rings is 1. The number of hydrogen-bond acceptors (Lipinski definition) is 5. The topological polar surface area (TPSA) is 97.1 Å². The fourth-order valence-corrected chi connectivity index (χ4v) is 2.63. The number of amides is 2. The number of aromatic nitrogens is 1. The monoisotopic (exact) mass is 332 g/mol. The highest BCUT2D eigenvalue weighted by Gasteiger charge is 2.07. The van der Waals surface area contributed by atoms with E-state index in [4.69, 9.17) is 5.73 Å². The van der Waals surface area contributed by atoms with Gasteiger partial charge in [0.15, 0.2) is 5.13 Å². The van der Waals surface area contributed by atoms with E-state index in [1.54, 1.807) is 0 Å². The smallest absolute Gasteiger partial charge is 0.226 e. The molecule has 0 aliphatic heterocycles. The van der Waals surface area contributed by atoms with Crippen LogP contribution in [0.3, 0.4) is 0 Å². The van der Waals surface area contributed by atoms with E-state index < -0.39 is 0 Å². The Bertz CT molecular complexity index is 684. The van der Waals surface area contributed by atoms with Crippen LogP contribution in [-0.2, 0) is 16.0 Å². The third-order valence-corrected chi connectivity index (χ3v) is 3.88. The number of rotatable bonds is 7. The molecule has 0 aliphatic carbocycles. The van der Waals surface area contributed by atoms with E-state index in [-0.39, 0.29) is 18.2 Å². The van der Waals surface area contributed by atoms with Crippen molar-refractivity contribution in [1.29, 1.82) is 0 Å². The summed E-state index contributed by atoms with van der Waals surface area (Å²) in [5, 5.41) is 7.89. The Morgan fingerprint density at radius 2 is 2.09 bits per heavy atom. The zero-order valence-corrected chi connectivity index (χ0v) is 13.8. The molecule has 2 rings (SSSR count). The van der Waals surface area contributed by atoms with Crippen LogP contribution in [0.15, 0.2) is 29.6 Å². The van der Waals surface area contributed by atoms with E-state index in [0.717, 1.165) is 16.9 Å². The van der Waals surface area contributed by atoms with Gasteiger partial charge in [-0.15, -0.1) is 11.3 Å². The number of carbonyl (C=O) groups excluding carboxylic acids is 2. The highest BCUT2D eigenvalue weighted by molar-refractivity contribution is 7.13. The number of nitrogens with zero attached hydrogens (tertiary/aromatic N) is 1. The number of anilines is 2. The molecule has 0 atom stereocenters. The zero-order chi connectivity index (χ0) is 16.7. The molecule has 0 aliphatic rings. The number of hydrogen-bond donors (Lipinski definition) is 3. The lowest BCUT2D eigenvalue weighted by Gasteiger charge is -2.07. The fraction of sp³-hybridized carbons (Fsp3) is 0.312. The molecule has 122 valence electrons. The maximum absolute atomic E-state index is 11.8. The first-order valence-electron chi connectivity index (χ1n) is 7.36. The first-order chi connectivity index (χ1) is 11.0. The van der Waals surface area contributed by atoms with Crippen molar-refractivity contribution in [3.8, 4) is 0 Å². The summed E-state index contributed by atoms with van der Waals surface area (Å²) in [5.41, 5.74) is 8.20. The van der Waals surface area contributed by atoms with Crippen molar-refractivity contribution < 1.29 is 9.59 Å². The number of thiazole rings is 1. The molecule has 23 heavy (non-hydrogen) atoms. The summed E-state index contributed by atoms with van der Waals surface area (Å²) in [4.78, 5) is 27.6. The summed E-state index contributed by atoms with van der Waals surface area (Å²) >= 11 is 1.36. The Hall–Kier alpha value is -2.41. The van der Waals surface area contributed by atoms with E-state index in [2.05, 4.69) is 15.6 Å². The predicted octanol–water partition coefficient (Wildman–Crippen LogP) is 2.11. The molecule has 1 aromatic heterocycles. The number of nitrogen functional groups attached to an aromatic ring is 1. The van der Waals surface area contributed by atoms with Crippen molar-refractivity contribution in [2.45, 2.75) is 26.2 Å². The summed E-state index contributed by atoms with van der Waals surface area (Å²) in [6.45, 7) is 2.28. The molecule has 6 nitrogen and oxygen atoms in total. The first kappa shape index (κ1) is 17.0. The maximum Gasteiger partial charge on any atom is 0.226 e. The van der Waals surface area contributed by atoms with Gasteiger partial charge in [-0.1, -0.05) is 12.1 Å². The van der Waals surface area contributed by atoms with Crippen LogP contribution in [-0.4, -0.2) is 23.3 Å². The molecule has 4 N–H and O–H groups in total. The summed E-state index contributed by atoms with van der Waals surface area (Å²) in [5.74, 6) is -0.219. The van der Waals surface area contributed by atoms with Crippen LogP contribution in [0.1, 0.15) is 24.1 Å². The van der Waals surface area contributed by atoms with Crippen molar-refractivity contribution in [1.82, 2.24) is 10.3 Å². The highest BCUT2D eigenvalue weighted by Crippen LogP contribution is 2.12.